The third kappa shape index (κ3) is 3.25. The molecule has 0 aromatic heterocycles. The summed E-state index contributed by atoms with van der Waals surface area (Å²) in [5, 5.41) is 3.38. The number of hydrogen-bond donors (Lipinski definition) is 2. The largest absolute Gasteiger partial charge is 0.399 e. The molecule has 0 atom stereocenters. The molecule has 0 aliphatic carbocycles. The Labute approximate surface area is 102 Å². The highest BCUT2D eigenvalue weighted by Crippen LogP contribution is 2.12. The predicted octanol–water partition coefficient (Wildman–Crippen LogP) is 3.23. The Morgan fingerprint density at radius 2 is 1.88 bits per heavy atom. The minimum absolute atomic E-state index is 0.797. The molecule has 88 valence electrons. The Balaban J connectivity index is 1.90. The summed E-state index contributed by atoms with van der Waals surface area (Å²) in [6, 6.07) is 16.3. The first-order valence-corrected chi connectivity index (χ1v) is 5.89. The van der Waals surface area contributed by atoms with Gasteiger partial charge in [0, 0.05) is 17.9 Å². The van der Waals surface area contributed by atoms with Crippen molar-refractivity contribution in [2.24, 2.45) is 0 Å². The van der Waals surface area contributed by atoms with Crippen LogP contribution in [0.4, 0.5) is 11.4 Å². The number of nitrogens with two attached hydrogens (primary N) is 1. The van der Waals surface area contributed by atoms with Crippen molar-refractivity contribution in [3.05, 3.63) is 59.7 Å². The van der Waals surface area contributed by atoms with Crippen molar-refractivity contribution in [3.63, 3.8) is 0 Å². The lowest BCUT2D eigenvalue weighted by molar-refractivity contribution is 1.01. The van der Waals surface area contributed by atoms with E-state index in [0.29, 0.717) is 0 Å². The molecular weight excluding hydrogens is 208 g/mol. The fraction of sp³-hybridized carbons (Fsp3) is 0.200. The van der Waals surface area contributed by atoms with Gasteiger partial charge in [0.1, 0.15) is 0 Å². The highest BCUT2D eigenvalue weighted by molar-refractivity contribution is 5.54. The molecule has 0 saturated carbocycles. The normalized spacial score (nSPS) is 10.2. The summed E-state index contributed by atoms with van der Waals surface area (Å²) < 4.78 is 0. The first-order valence-electron chi connectivity index (χ1n) is 5.89. The van der Waals surface area contributed by atoms with Gasteiger partial charge in [-0.15, -0.1) is 0 Å². The van der Waals surface area contributed by atoms with E-state index in [2.05, 4.69) is 36.5 Å². The van der Waals surface area contributed by atoms with E-state index >= 15 is 0 Å². The predicted molar refractivity (Wildman–Crippen MR) is 74.2 cm³/mol. The smallest absolute Gasteiger partial charge is 0.0360 e. The van der Waals surface area contributed by atoms with Crippen molar-refractivity contribution in [2.75, 3.05) is 17.6 Å². The van der Waals surface area contributed by atoms with Crippen molar-refractivity contribution < 1.29 is 0 Å². The molecular formula is C15H18N2. The minimum Gasteiger partial charge on any atom is -0.399 e. The average Bonchev–Trinajstić information content (AvgIpc) is 2.32. The van der Waals surface area contributed by atoms with E-state index < -0.39 is 0 Å². The van der Waals surface area contributed by atoms with Gasteiger partial charge in [-0.1, -0.05) is 30.3 Å². The zero-order valence-electron chi connectivity index (χ0n) is 10.1. The molecule has 0 saturated heterocycles. The highest BCUT2D eigenvalue weighted by atomic mass is 14.9. The fourth-order valence-electron chi connectivity index (χ4n) is 1.88. The van der Waals surface area contributed by atoms with Crippen molar-refractivity contribution in [1.29, 1.82) is 0 Å². The molecule has 0 fully saturated rings. The number of hydrogen-bond acceptors (Lipinski definition) is 2. The average molecular weight is 226 g/mol. The Bertz CT molecular complexity index is 492. The van der Waals surface area contributed by atoms with Crippen LogP contribution in [-0.2, 0) is 6.42 Å². The fourth-order valence-corrected chi connectivity index (χ4v) is 1.88. The van der Waals surface area contributed by atoms with E-state index in [1.807, 2.05) is 24.3 Å². The lowest BCUT2D eigenvalue weighted by Gasteiger charge is -2.08. The topological polar surface area (TPSA) is 38.0 Å². The standard InChI is InChI=1S/C15H18N2/c1-12-5-2-3-6-13(12)9-10-17-15-8-4-7-14(16)11-15/h2-8,11,17H,9-10,16H2,1H3. The molecule has 0 bridgehead atoms. The molecule has 2 rings (SSSR count). The van der Waals surface area contributed by atoms with Crippen molar-refractivity contribution in [2.45, 2.75) is 13.3 Å². The molecule has 17 heavy (non-hydrogen) atoms. The number of rotatable bonds is 4. The number of nitrogen functional groups attached to an aromatic ring is 1. The van der Waals surface area contributed by atoms with Crippen LogP contribution >= 0.6 is 0 Å². The summed E-state index contributed by atoms with van der Waals surface area (Å²) in [7, 11) is 0. The second-order valence-corrected chi connectivity index (χ2v) is 4.23. The molecule has 2 heteroatoms. The van der Waals surface area contributed by atoms with E-state index in [9.17, 15) is 0 Å². The van der Waals surface area contributed by atoms with Crippen LogP contribution < -0.4 is 11.1 Å². The molecule has 2 aromatic carbocycles. The van der Waals surface area contributed by atoms with Gasteiger partial charge in [0.05, 0.1) is 0 Å². The van der Waals surface area contributed by atoms with Crippen LogP contribution in [0.3, 0.4) is 0 Å². The van der Waals surface area contributed by atoms with Gasteiger partial charge >= 0.3 is 0 Å². The van der Waals surface area contributed by atoms with Gasteiger partial charge < -0.3 is 11.1 Å². The van der Waals surface area contributed by atoms with Gasteiger partial charge in [0.25, 0.3) is 0 Å². The first kappa shape index (κ1) is 11.5. The highest BCUT2D eigenvalue weighted by Gasteiger charge is 1.97. The second-order valence-electron chi connectivity index (χ2n) is 4.23. The van der Waals surface area contributed by atoms with Gasteiger partial charge in [-0.05, 0) is 42.7 Å². The van der Waals surface area contributed by atoms with E-state index in [4.69, 9.17) is 5.73 Å². The number of benzene rings is 2. The summed E-state index contributed by atoms with van der Waals surface area (Å²) in [5.41, 5.74) is 10.3. The maximum atomic E-state index is 5.73. The third-order valence-electron chi connectivity index (χ3n) is 2.87. The van der Waals surface area contributed by atoms with Crippen LogP contribution in [-0.4, -0.2) is 6.54 Å². The minimum atomic E-state index is 0.797. The van der Waals surface area contributed by atoms with Crippen molar-refractivity contribution in [1.82, 2.24) is 0 Å². The molecule has 0 unspecified atom stereocenters. The molecule has 2 aromatic rings. The van der Waals surface area contributed by atoms with Crippen LogP contribution in [0.2, 0.25) is 0 Å². The quantitative estimate of drug-likeness (QED) is 0.785. The zero-order chi connectivity index (χ0) is 12.1. The van der Waals surface area contributed by atoms with Gasteiger partial charge in [-0.25, -0.2) is 0 Å². The van der Waals surface area contributed by atoms with Gasteiger partial charge in [0.15, 0.2) is 0 Å². The lowest BCUT2D eigenvalue weighted by atomic mass is 10.1. The Morgan fingerprint density at radius 3 is 2.65 bits per heavy atom. The van der Waals surface area contributed by atoms with Gasteiger partial charge in [-0.3, -0.25) is 0 Å². The molecule has 0 aliphatic heterocycles. The van der Waals surface area contributed by atoms with E-state index in [-0.39, 0.29) is 0 Å². The molecule has 0 radical (unpaired) electrons. The van der Waals surface area contributed by atoms with Crippen LogP contribution in [0.15, 0.2) is 48.5 Å². The van der Waals surface area contributed by atoms with Gasteiger partial charge in [0.2, 0.25) is 0 Å². The van der Waals surface area contributed by atoms with Crippen LogP contribution in [0, 0.1) is 6.92 Å². The summed E-state index contributed by atoms with van der Waals surface area (Å²) in [4.78, 5) is 0. The zero-order valence-corrected chi connectivity index (χ0v) is 10.1. The number of nitrogens with one attached hydrogen (secondary N) is 1. The molecule has 0 aliphatic rings. The SMILES string of the molecule is Cc1ccccc1CCNc1cccc(N)c1. The third-order valence-corrected chi connectivity index (χ3v) is 2.87. The Morgan fingerprint density at radius 1 is 1.06 bits per heavy atom. The summed E-state index contributed by atoms with van der Waals surface area (Å²) >= 11 is 0. The summed E-state index contributed by atoms with van der Waals surface area (Å²) in [6.45, 7) is 3.07. The van der Waals surface area contributed by atoms with E-state index in [1.165, 1.54) is 11.1 Å². The van der Waals surface area contributed by atoms with Crippen LogP contribution in [0.25, 0.3) is 0 Å². The molecule has 0 amide bonds. The maximum absolute atomic E-state index is 5.73. The Hall–Kier alpha value is -1.96. The first-order chi connectivity index (χ1) is 8.25. The molecule has 3 N–H and O–H groups in total. The Kier molecular flexibility index (Phi) is 3.66. The van der Waals surface area contributed by atoms with E-state index in [1.54, 1.807) is 0 Å². The van der Waals surface area contributed by atoms with Crippen LogP contribution in [0.1, 0.15) is 11.1 Å². The molecule has 0 heterocycles. The maximum Gasteiger partial charge on any atom is 0.0360 e. The van der Waals surface area contributed by atoms with Crippen LogP contribution in [0.5, 0.6) is 0 Å². The summed E-state index contributed by atoms with van der Waals surface area (Å²) in [5.74, 6) is 0. The second kappa shape index (κ2) is 5.39. The molecule has 0 spiro atoms. The number of anilines is 2. The summed E-state index contributed by atoms with van der Waals surface area (Å²) in [6.07, 6.45) is 1.03. The van der Waals surface area contributed by atoms with Gasteiger partial charge in [-0.2, -0.15) is 0 Å². The van der Waals surface area contributed by atoms with Crippen molar-refractivity contribution in [3.8, 4) is 0 Å². The molecule has 2 nitrogen and oxygen atoms in total. The monoisotopic (exact) mass is 226 g/mol. The number of aryl methyl sites for hydroxylation is 1. The van der Waals surface area contributed by atoms with E-state index in [0.717, 1.165) is 24.3 Å². The van der Waals surface area contributed by atoms with Crippen molar-refractivity contribution >= 4 is 11.4 Å². The lowest BCUT2D eigenvalue weighted by Crippen LogP contribution is -2.05.